The van der Waals surface area contributed by atoms with Crippen LogP contribution in [0.25, 0.3) is 0 Å². The molecule has 0 aliphatic heterocycles. The first-order valence-corrected chi connectivity index (χ1v) is 9.67. The van der Waals surface area contributed by atoms with E-state index >= 15 is 0 Å². The molecule has 0 bridgehead atoms. The zero-order valence-corrected chi connectivity index (χ0v) is 16.7. The van der Waals surface area contributed by atoms with Gasteiger partial charge >= 0.3 is 11.9 Å². The highest BCUT2D eigenvalue weighted by Crippen LogP contribution is 2.23. The van der Waals surface area contributed by atoms with Gasteiger partial charge in [-0.05, 0) is 48.6 Å². The summed E-state index contributed by atoms with van der Waals surface area (Å²) in [4.78, 5) is 21.8. The van der Waals surface area contributed by atoms with Crippen LogP contribution in [0.15, 0.2) is 24.3 Å². The van der Waals surface area contributed by atoms with Crippen LogP contribution in [0.1, 0.15) is 83.8 Å². The van der Waals surface area contributed by atoms with E-state index in [1.807, 2.05) is 0 Å². The predicted octanol–water partition coefficient (Wildman–Crippen LogP) is 5.27. The van der Waals surface area contributed by atoms with Crippen LogP contribution in [-0.2, 0) is 26.2 Å². The van der Waals surface area contributed by atoms with Gasteiger partial charge in [0.25, 0.3) is 0 Å². The Labute approximate surface area is 158 Å². The molecule has 0 aliphatic carbocycles. The largest absolute Gasteiger partial charge is 0.481 e. The van der Waals surface area contributed by atoms with Gasteiger partial charge in [0.2, 0.25) is 0 Å². The normalized spacial score (nSPS) is 12.6. The van der Waals surface area contributed by atoms with Crippen LogP contribution in [0.4, 0.5) is 0 Å². The Kier molecular flexibility index (Phi) is 9.39. The molecule has 0 heterocycles. The van der Waals surface area contributed by atoms with Crippen molar-refractivity contribution in [3.05, 3.63) is 35.4 Å². The van der Waals surface area contributed by atoms with Gasteiger partial charge in [-0.3, -0.25) is 9.59 Å². The zero-order chi connectivity index (χ0) is 19.6. The first-order chi connectivity index (χ1) is 12.2. The summed E-state index contributed by atoms with van der Waals surface area (Å²) >= 11 is 0. The molecule has 0 saturated heterocycles. The number of unbranched alkanes of at least 4 members (excludes halogenated alkanes) is 3. The number of aliphatic carboxylic acids is 1. The molecule has 0 spiro atoms. The lowest BCUT2D eigenvalue weighted by atomic mass is 9.86. The van der Waals surface area contributed by atoms with Crippen LogP contribution >= 0.6 is 0 Å². The summed E-state index contributed by atoms with van der Waals surface area (Å²) in [6, 6.07) is 8.69. The molecule has 0 saturated carbocycles. The van der Waals surface area contributed by atoms with Gasteiger partial charge in [0, 0.05) is 13.3 Å². The van der Waals surface area contributed by atoms with Gasteiger partial charge in [0.15, 0.2) is 0 Å². The van der Waals surface area contributed by atoms with Crippen molar-refractivity contribution in [2.75, 3.05) is 0 Å². The molecule has 1 atom stereocenters. The van der Waals surface area contributed by atoms with E-state index in [4.69, 9.17) is 9.84 Å². The van der Waals surface area contributed by atoms with Gasteiger partial charge in [-0.25, -0.2) is 0 Å². The fourth-order valence-electron chi connectivity index (χ4n) is 3.00. The van der Waals surface area contributed by atoms with Gasteiger partial charge < -0.3 is 9.84 Å². The summed E-state index contributed by atoms with van der Waals surface area (Å²) in [5.74, 6) is -0.968. The van der Waals surface area contributed by atoms with Crippen LogP contribution in [0.5, 0.6) is 0 Å². The summed E-state index contributed by atoms with van der Waals surface area (Å²) in [5.41, 5.74) is 2.73. The average molecular weight is 363 g/mol. The molecule has 1 aromatic rings. The number of carboxylic acids is 1. The van der Waals surface area contributed by atoms with Gasteiger partial charge in [0.05, 0.1) is 0 Å². The number of rotatable bonds is 11. The van der Waals surface area contributed by atoms with Gasteiger partial charge in [-0.1, -0.05) is 57.9 Å². The molecule has 146 valence electrons. The van der Waals surface area contributed by atoms with Crippen LogP contribution < -0.4 is 0 Å². The number of ether oxygens (including phenoxy) is 1. The Hall–Kier alpha value is -1.84. The Morgan fingerprint density at radius 3 is 2.15 bits per heavy atom. The maximum Gasteiger partial charge on any atom is 0.303 e. The lowest BCUT2D eigenvalue weighted by Crippen LogP contribution is -2.17. The molecule has 0 fully saturated rings. The quantitative estimate of drug-likeness (QED) is 0.430. The Bertz CT molecular complexity index is 555. The molecular formula is C22H34O4. The van der Waals surface area contributed by atoms with E-state index < -0.39 is 5.97 Å². The van der Waals surface area contributed by atoms with Crippen LogP contribution in [0.2, 0.25) is 0 Å². The van der Waals surface area contributed by atoms with E-state index in [0.29, 0.717) is 6.42 Å². The topological polar surface area (TPSA) is 63.6 Å². The minimum absolute atomic E-state index is 0.0609. The maximum atomic E-state index is 11.3. The molecular weight excluding hydrogens is 328 g/mol. The second-order valence-corrected chi connectivity index (χ2v) is 8.06. The van der Waals surface area contributed by atoms with Crippen molar-refractivity contribution in [2.24, 2.45) is 0 Å². The molecule has 0 aliphatic rings. The number of carbonyl (C=O) groups excluding carboxylic acids is 1. The smallest absolute Gasteiger partial charge is 0.303 e. The summed E-state index contributed by atoms with van der Waals surface area (Å²) in [6.45, 7) is 8.07. The first-order valence-electron chi connectivity index (χ1n) is 9.67. The van der Waals surface area contributed by atoms with E-state index in [-0.39, 0.29) is 23.9 Å². The number of hydrogen-bond acceptors (Lipinski definition) is 3. The molecule has 0 radical (unpaired) electrons. The predicted molar refractivity (Wildman–Crippen MR) is 104 cm³/mol. The maximum absolute atomic E-state index is 11.3. The lowest BCUT2D eigenvalue weighted by Gasteiger charge is -2.20. The summed E-state index contributed by atoms with van der Waals surface area (Å²) in [5, 5.41) is 8.64. The molecule has 0 amide bonds. The number of carboxylic acid groups (broad SMARTS) is 1. The minimum atomic E-state index is -0.736. The van der Waals surface area contributed by atoms with Gasteiger partial charge in [-0.2, -0.15) is 0 Å². The van der Waals surface area contributed by atoms with Crippen molar-refractivity contribution < 1.29 is 19.4 Å². The third-order valence-electron chi connectivity index (χ3n) is 4.57. The first kappa shape index (κ1) is 22.2. The number of aryl methyl sites for hydroxylation is 1. The number of hydrogen-bond donors (Lipinski definition) is 1. The second kappa shape index (κ2) is 11.0. The highest BCUT2D eigenvalue weighted by Gasteiger charge is 2.14. The molecule has 0 aromatic heterocycles. The minimum Gasteiger partial charge on any atom is -0.481 e. The Balaban J connectivity index is 2.41. The van der Waals surface area contributed by atoms with E-state index in [0.717, 1.165) is 38.5 Å². The molecule has 1 rings (SSSR count). The van der Waals surface area contributed by atoms with Crippen molar-refractivity contribution in [1.82, 2.24) is 0 Å². The van der Waals surface area contributed by atoms with Crippen LogP contribution in [-0.4, -0.2) is 23.1 Å². The van der Waals surface area contributed by atoms with Gasteiger partial charge in [0.1, 0.15) is 6.10 Å². The molecule has 26 heavy (non-hydrogen) atoms. The van der Waals surface area contributed by atoms with Crippen molar-refractivity contribution in [1.29, 1.82) is 0 Å². The summed E-state index contributed by atoms with van der Waals surface area (Å²) in [7, 11) is 0. The van der Waals surface area contributed by atoms with Crippen LogP contribution in [0.3, 0.4) is 0 Å². The number of esters is 1. The number of benzene rings is 1. The summed E-state index contributed by atoms with van der Waals surface area (Å²) < 4.78 is 5.46. The highest BCUT2D eigenvalue weighted by atomic mass is 16.5. The molecule has 4 heteroatoms. The third kappa shape index (κ3) is 9.59. The zero-order valence-electron chi connectivity index (χ0n) is 16.7. The molecule has 1 unspecified atom stereocenters. The third-order valence-corrected chi connectivity index (χ3v) is 4.57. The molecule has 1 aromatic carbocycles. The molecule has 1 N–H and O–H groups in total. The van der Waals surface area contributed by atoms with Gasteiger partial charge in [-0.15, -0.1) is 0 Å². The van der Waals surface area contributed by atoms with E-state index in [1.165, 1.54) is 18.1 Å². The van der Waals surface area contributed by atoms with E-state index in [1.54, 1.807) is 0 Å². The lowest BCUT2D eigenvalue weighted by molar-refractivity contribution is -0.147. The monoisotopic (exact) mass is 362 g/mol. The van der Waals surface area contributed by atoms with E-state index in [2.05, 4.69) is 45.0 Å². The van der Waals surface area contributed by atoms with Crippen LogP contribution in [0, 0.1) is 0 Å². The van der Waals surface area contributed by atoms with Crippen molar-refractivity contribution in [3.8, 4) is 0 Å². The number of carbonyl (C=O) groups is 2. The fourth-order valence-corrected chi connectivity index (χ4v) is 3.00. The summed E-state index contributed by atoms with van der Waals surface area (Å²) in [6.07, 6.45) is 6.29. The molecule has 4 nitrogen and oxygen atoms in total. The highest BCUT2D eigenvalue weighted by molar-refractivity contribution is 5.66. The second-order valence-electron chi connectivity index (χ2n) is 8.06. The Morgan fingerprint density at radius 2 is 1.62 bits per heavy atom. The Morgan fingerprint density at radius 1 is 1.00 bits per heavy atom. The fraction of sp³-hybridized carbons (Fsp3) is 0.636. The van der Waals surface area contributed by atoms with E-state index in [9.17, 15) is 9.59 Å². The van der Waals surface area contributed by atoms with Crippen molar-refractivity contribution in [3.63, 3.8) is 0 Å². The van der Waals surface area contributed by atoms with Crippen molar-refractivity contribution >= 4 is 11.9 Å². The van der Waals surface area contributed by atoms with Crippen molar-refractivity contribution in [2.45, 2.75) is 90.6 Å². The SMILES string of the molecule is CC(=O)OC(CCCCCCC(=O)O)CCc1ccc(C(C)(C)C)cc1. The average Bonchev–Trinajstić information content (AvgIpc) is 2.54. The standard InChI is InChI=1S/C22H34O4/c1-17(23)26-20(9-7-5-6-8-10-21(24)25)16-13-18-11-14-19(15-12-18)22(2,3)4/h11-12,14-15,20H,5-10,13,16H2,1-4H3,(H,24,25).